The molecule has 0 heteroatoms. The molecule has 1 radical (unpaired) electrons. The third kappa shape index (κ3) is 26.3. The molecular weight excluding hydrogens is 384 g/mol. The van der Waals surface area contributed by atoms with Crippen molar-refractivity contribution < 1.29 is 0 Å². The Bertz CT molecular complexity index is 307. The second kappa shape index (κ2) is 29.0. The van der Waals surface area contributed by atoms with Crippen molar-refractivity contribution in [3.05, 3.63) is 6.92 Å². The van der Waals surface area contributed by atoms with Crippen molar-refractivity contribution in [2.45, 2.75) is 194 Å². The normalized spacial score (nSPS) is 12.5. The summed E-state index contributed by atoms with van der Waals surface area (Å²) in [5.74, 6) is 0.999. The maximum Gasteiger partial charge on any atom is -0.0414 e. The quantitative estimate of drug-likeness (QED) is 0.104. The molecule has 193 valence electrons. The van der Waals surface area contributed by atoms with Crippen molar-refractivity contribution in [3.8, 4) is 0 Å². The summed E-state index contributed by atoms with van der Waals surface area (Å²) < 4.78 is 0. The zero-order chi connectivity index (χ0) is 23.4. The summed E-state index contributed by atoms with van der Waals surface area (Å²) in [5.41, 5.74) is 0. The summed E-state index contributed by atoms with van der Waals surface area (Å²) >= 11 is 0. The molecule has 0 bridgehead atoms. The average molecular weight is 450 g/mol. The predicted molar refractivity (Wildman–Crippen MR) is 149 cm³/mol. The molecule has 0 spiro atoms. The van der Waals surface area contributed by atoms with Gasteiger partial charge in [-0.2, -0.15) is 0 Å². The van der Waals surface area contributed by atoms with Crippen molar-refractivity contribution in [1.82, 2.24) is 0 Å². The minimum absolute atomic E-state index is 0.999. The molecule has 0 N–H and O–H groups in total. The highest BCUT2D eigenvalue weighted by Crippen LogP contribution is 2.24. The molecule has 0 saturated heterocycles. The lowest BCUT2D eigenvalue weighted by molar-refractivity contribution is 0.372. The molecule has 0 aromatic carbocycles. The monoisotopic (exact) mass is 450 g/mol. The maximum atomic E-state index is 4.08. The van der Waals surface area contributed by atoms with Crippen molar-refractivity contribution in [2.24, 2.45) is 5.92 Å². The van der Waals surface area contributed by atoms with Crippen LogP contribution in [0.3, 0.4) is 0 Å². The van der Waals surface area contributed by atoms with E-state index >= 15 is 0 Å². The number of hydrogen-bond acceptors (Lipinski definition) is 0. The topological polar surface area (TPSA) is 0 Å². The van der Waals surface area contributed by atoms with E-state index in [4.69, 9.17) is 0 Å². The highest BCUT2D eigenvalue weighted by molar-refractivity contribution is 4.62. The van der Waals surface area contributed by atoms with E-state index in [-0.39, 0.29) is 0 Å². The molecule has 0 aromatic heterocycles. The van der Waals surface area contributed by atoms with Crippen LogP contribution in [0.1, 0.15) is 194 Å². The van der Waals surface area contributed by atoms with Gasteiger partial charge in [0.05, 0.1) is 0 Å². The maximum absolute atomic E-state index is 4.08. The number of rotatable bonds is 28. The van der Waals surface area contributed by atoms with Crippen LogP contribution in [-0.2, 0) is 0 Å². The fourth-order valence-electron chi connectivity index (χ4n) is 5.24. The fourth-order valence-corrected chi connectivity index (χ4v) is 5.24. The number of hydrogen-bond donors (Lipinski definition) is 0. The Kier molecular flexibility index (Phi) is 29.0. The summed E-state index contributed by atoms with van der Waals surface area (Å²) in [6.45, 7) is 8.70. The zero-order valence-corrected chi connectivity index (χ0v) is 23.1. The van der Waals surface area contributed by atoms with E-state index in [1.165, 1.54) is 173 Å². The van der Waals surface area contributed by atoms with Gasteiger partial charge in [0.25, 0.3) is 0 Å². The molecule has 0 aliphatic rings. The van der Waals surface area contributed by atoms with Crippen LogP contribution in [0.25, 0.3) is 0 Å². The summed E-state index contributed by atoms with van der Waals surface area (Å²) in [7, 11) is 0. The first-order valence-corrected chi connectivity index (χ1v) is 15.6. The van der Waals surface area contributed by atoms with Crippen LogP contribution in [0.5, 0.6) is 0 Å². The Morgan fingerprint density at radius 2 is 0.594 bits per heavy atom. The minimum atomic E-state index is 0.999. The van der Waals surface area contributed by atoms with Crippen molar-refractivity contribution in [2.75, 3.05) is 0 Å². The van der Waals surface area contributed by atoms with E-state index in [0.29, 0.717) is 0 Å². The average Bonchev–Trinajstić information content (AvgIpc) is 2.81. The van der Waals surface area contributed by atoms with Crippen LogP contribution in [0.2, 0.25) is 0 Å². The van der Waals surface area contributed by atoms with E-state index < -0.39 is 0 Å². The Hall–Kier alpha value is 0. The molecule has 0 heterocycles. The Morgan fingerprint density at radius 3 is 0.875 bits per heavy atom. The van der Waals surface area contributed by atoms with Gasteiger partial charge in [0.1, 0.15) is 0 Å². The summed E-state index contributed by atoms with van der Waals surface area (Å²) in [6, 6.07) is 0. The van der Waals surface area contributed by atoms with Gasteiger partial charge in [-0.25, -0.2) is 0 Å². The Labute approximate surface area is 206 Å². The van der Waals surface area contributed by atoms with Crippen LogP contribution >= 0.6 is 0 Å². The van der Waals surface area contributed by atoms with Gasteiger partial charge in [-0.15, -0.1) is 0 Å². The van der Waals surface area contributed by atoms with E-state index in [1.54, 1.807) is 0 Å². The van der Waals surface area contributed by atoms with E-state index in [1.807, 2.05) is 0 Å². The molecule has 1 unspecified atom stereocenters. The fraction of sp³-hybridized carbons (Fsp3) is 0.969. The summed E-state index contributed by atoms with van der Waals surface area (Å²) in [6.07, 6.45) is 40.6. The molecule has 0 fully saturated rings. The molecule has 0 amide bonds. The van der Waals surface area contributed by atoms with Gasteiger partial charge in [0, 0.05) is 0 Å². The molecule has 0 nitrogen and oxygen atoms in total. The second-order valence-corrected chi connectivity index (χ2v) is 10.9. The molecule has 0 aromatic rings. The van der Waals surface area contributed by atoms with Gasteiger partial charge in [-0.05, 0) is 5.92 Å². The first-order valence-electron chi connectivity index (χ1n) is 15.6. The standard InChI is InChI=1S/C32H65/c1-4-7-10-12-14-16-18-19-20-22-24-26-28-31-32(29-9-6-3)30-27-25-23-21-17-15-13-11-8-5-2/h32H,3-31H2,1-2H3. The molecule has 0 aliphatic heterocycles. The molecule has 1 atom stereocenters. The molecule has 0 rings (SSSR count). The van der Waals surface area contributed by atoms with E-state index in [9.17, 15) is 0 Å². The first-order chi connectivity index (χ1) is 15.8. The predicted octanol–water partition coefficient (Wildman–Crippen LogP) is 12.4. The summed E-state index contributed by atoms with van der Waals surface area (Å²) in [5, 5.41) is 0. The van der Waals surface area contributed by atoms with Gasteiger partial charge < -0.3 is 0 Å². The van der Waals surface area contributed by atoms with Crippen molar-refractivity contribution in [1.29, 1.82) is 0 Å². The van der Waals surface area contributed by atoms with Gasteiger partial charge in [0.15, 0.2) is 0 Å². The van der Waals surface area contributed by atoms with Gasteiger partial charge >= 0.3 is 0 Å². The molecule has 32 heavy (non-hydrogen) atoms. The van der Waals surface area contributed by atoms with Crippen LogP contribution in [-0.4, -0.2) is 0 Å². The lowest BCUT2D eigenvalue weighted by atomic mass is 9.90. The molecular formula is C32H65. The van der Waals surface area contributed by atoms with Gasteiger partial charge in [-0.1, -0.05) is 201 Å². The third-order valence-corrected chi connectivity index (χ3v) is 7.54. The SMILES string of the molecule is [CH2]CCCC(CCCCCCCCCCCC)CCCCCCCCCCCCCCC. The lowest BCUT2D eigenvalue weighted by Crippen LogP contribution is -2.01. The highest BCUT2D eigenvalue weighted by Gasteiger charge is 2.08. The van der Waals surface area contributed by atoms with Gasteiger partial charge in [-0.3, -0.25) is 0 Å². The molecule has 0 aliphatic carbocycles. The first kappa shape index (κ1) is 32.0. The van der Waals surface area contributed by atoms with Crippen LogP contribution in [0.15, 0.2) is 0 Å². The Balaban J connectivity index is 3.49. The van der Waals surface area contributed by atoms with Crippen LogP contribution in [0, 0.1) is 12.8 Å². The van der Waals surface area contributed by atoms with E-state index in [0.717, 1.165) is 12.3 Å². The summed E-state index contributed by atoms with van der Waals surface area (Å²) in [4.78, 5) is 0. The zero-order valence-electron chi connectivity index (χ0n) is 23.1. The second-order valence-electron chi connectivity index (χ2n) is 10.9. The Morgan fingerprint density at radius 1 is 0.344 bits per heavy atom. The van der Waals surface area contributed by atoms with Gasteiger partial charge in [0.2, 0.25) is 0 Å². The van der Waals surface area contributed by atoms with Crippen molar-refractivity contribution in [3.63, 3.8) is 0 Å². The van der Waals surface area contributed by atoms with Crippen LogP contribution in [0.4, 0.5) is 0 Å². The third-order valence-electron chi connectivity index (χ3n) is 7.54. The van der Waals surface area contributed by atoms with E-state index in [2.05, 4.69) is 20.8 Å². The van der Waals surface area contributed by atoms with Crippen LogP contribution < -0.4 is 0 Å². The highest BCUT2D eigenvalue weighted by atomic mass is 14.1. The largest absolute Gasteiger partial charge is 0.0654 e. The minimum Gasteiger partial charge on any atom is -0.0654 e. The van der Waals surface area contributed by atoms with Crippen molar-refractivity contribution >= 4 is 0 Å². The number of unbranched alkanes of at least 4 members (excludes halogenated alkanes) is 22. The smallest absolute Gasteiger partial charge is 0.0414 e. The molecule has 0 saturated carbocycles. The lowest BCUT2D eigenvalue weighted by Gasteiger charge is -2.16.